The highest BCUT2D eigenvalue weighted by Crippen LogP contribution is 2.16. The summed E-state index contributed by atoms with van der Waals surface area (Å²) in [6.07, 6.45) is 5.93. The van der Waals surface area contributed by atoms with Crippen molar-refractivity contribution >= 4 is 16.3 Å². The molecule has 2 aromatic rings. The number of hydrogen-bond donors (Lipinski definition) is 1. The van der Waals surface area contributed by atoms with E-state index in [0.29, 0.717) is 6.04 Å². The molecule has 0 radical (unpaired) electrons. The van der Waals surface area contributed by atoms with Crippen molar-refractivity contribution < 1.29 is 0 Å². The van der Waals surface area contributed by atoms with Crippen LogP contribution in [0.3, 0.4) is 0 Å². The minimum Gasteiger partial charge on any atom is -0.309 e. The molecule has 0 saturated heterocycles. The SMILES string of the molecule is CCCCC(C)NCc1c(C)nc2sccn12. The van der Waals surface area contributed by atoms with Crippen LogP contribution in [-0.2, 0) is 6.54 Å². The van der Waals surface area contributed by atoms with Crippen molar-refractivity contribution in [2.24, 2.45) is 0 Å². The Hall–Kier alpha value is -0.870. The number of thiazole rings is 1. The molecule has 94 valence electrons. The molecular weight excluding hydrogens is 230 g/mol. The predicted molar refractivity (Wildman–Crippen MR) is 73.6 cm³/mol. The summed E-state index contributed by atoms with van der Waals surface area (Å²) in [6.45, 7) is 7.50. The van der Waals surface area contributed by atoms with Crippen molar-refractivity contribution in [3.8, 4) is 0 Å². The molecule has 0 aromatic carbocycles. The summed E-state index contributed by atoms with van der Waals surface area (Å²) in [7, 11) is 0. The Morgan fingerprint density at radius 3 is 3.12 bits per heavy atom. The first-order valence-electron chi connectivity index (χ1n) is 6.36. The van der Waals surface area contributed by atoms with Gasteiger partial charge >= 0.3 is 0 Å². The first kappa shape index (κ1) is 12.6. The molecular formula is C13H21N3S. The van der Waals surface area contributed by atoms with Gasteiger partial charge in [-0.25, -0.2) is 4.98 Å². The molecule has 2 rings (SSSR count). The summed E-state index contributed by atoms with van der Waals surface area (Å²) in [6, 6.07) is 0.582. The third kappa shape index (κ3) is 2.87. The molecule has 0 fully saturated rings. The molecule has 0 aliphatic carbocycles. The van der Waals surface area contributed by atoms with Gasteiger partial charge in [-0.2, -0.15) is 0 Å². The number of unbranched alkanes of at least 4 members (excludes halogenated alkanes) is 1. The maximum Gasteiger partial charge on any atom is 0.194 e. The summed E-state index contributed by atoms with van der Waals surface area (Å²) in [5.74, 6) is 0. The second kappa shape index (κ2) is 5.65. The summed E-state index contributed by atoms with van der Waals surface area (Å²) < 4.78 is 2.19. The van der Waals surface area contributed by atoms with Crippen LogP contribution in [0.15, 0.2) is 11.6 Å². The molecule has 0 saturated carbocycles. The zero-order valence-electron chi connectivity index (χ0n) is 10.9. The Balaban J connectivity index is 1.98. The van der Waals surface area contributed by atoms with Gasteiger partial charge in [-0.05, 0) is 20.3 Å². The van der Waals surface area contributed by atoms with E-state index in [-0.39, 0.29) is 0 Å². The van der Waals surface area contributed by atoms with E-state index in [4.69, 9.17) is 0 Å². The summed E-state index contributed by atoms with van der Waals surface area (Å²) in [5.41, 5.74) is 2.44. The molecule has 0 amide bonds. The van der Waals surface area contributed by atoms with Crippen LogP contribution >= 0.6 is 11.3 Å². The Bertz CT molecular complexity index is 472. The molecule has 2 aromatic heterocycles. The zero-order chi connectivity index (χ0) is 12.3. The second-order valence-corrected chi connectivity index (χ2v) is 5.50. The van der Waals surface area contributed by atoms with E-state index in [1.807, 2.05) is 0 Å². The van der Waals surface area contributed by atoms with Gasteiger partial charge in [-0.3, -0.25) is 4.40 Å². The number of imidazole rings is 1. The van der Waals surface area contributed by atoms with E-state index in [2.05, 4.69) is 47.0 Å². The Morgan fingerprint density at radius 2 is 2.35 bits per heavy atom. The van der Waals surface area contributed by atoms with Crippen LogP contribution in [0.25, 0.3) is 4.96 Å². The third-order valence-corrected chi connectivity index (χ3v) is 3.93. The quantitative estimate of drug-likeness (QED) is 0.853. The number of nitrogens with zero attached hydrogens (tertiary/aromatic N) is 2. The number of aryl methyl sites for hydroxylation is 1. The lowest BCUT2D eigenvalue weighted by Crippen LogP contribution is -2.26. The van der Waals surface area contributed by atoms with Gasteiger partial charge in [0.05, 0.1) is 11.4 Å². The summed E-state index contributed by atoms with van der Waals surface area (Å²) in [4.78, 5) is 5.65. The van der Waals surface area contributed by atoms with Crippen molar-refractivity contribution in [1.82, 2.24) is 14.7 Å². The number of rotatable bonds is 6. The molecule has 0 spiro atoms. The van der Waals surface area contributed by atoms with Crippen LogP contribution in [-0.4, -0.2) is 15.4 Å². The van der Waals surface area contributed by atoms with Gasteiger partial charge in [0, 0.05) is 24.2 Å². The van der Waals surface area contributed by atoms with Gasteiger partial charge in [0.1, 0.15) is 0 Å². The Morgan fingerprint density at radius 1 is 1.53 bits per heavy atom. The van der Waals surface area contributed by atoms with Crippen LogP contribution < -0.4 is 5.32 Å². The number of fused-ring (bicyclic) bond motifs is 1. The largest absolute Gasteiger partial charge is 0.309 e. The number of aromatic nitrogens is 2. The van der Waals surface area contributed by atoms with Crippen molar-refractivity contribution in [2.45, 2.75) is 52.6 Å². The minimum atomic E-state index is 0.582. The Labute approximate surface area is 107 Å². The van der Waals surface area contributed by atoms with Crippen LogP contribution in [0.5, 0.6) is 0 Å². The van der Waals surface area contributed by atoms with Crippen LogP contribution in [0, 0.1) is 6.92 Å². The molecule has 0 bridgehead atoms. The first-order valence-corrected chi connectivity index (χ1v) is 7.24. The third-order valence-electron chi connectivity index (χ3n) is 3.17. The number of hydrogen-bond acceptors (Lipinski definition) is 3. The van der Waals surface area contributed by atoms with Crippen LogP contribution in [0.4, 0.5) is 0 Å². The second-order valence-electron chi connectivity index (χ2n) is 4.62. The molecule has 0 aliphatic heterocycles. The lowest BCUT2D eigenvalue weighted by Gasteiger charge is -2.13. The first-order chi connectivity index (χ1) is 8.22. The fourth-order valence-electron chi connectivity index (χ4n) is 2.04. The van der Waals surface area contributed by atoms with Crippen LogP contribution in [0.1, 0.15) is 44.5 Å². The topological polar surface area (TPSA) is 29.3 Å². The van der Waals surface area contributed by atoms with Gasteiger partial charge in [-0.1, -0.05) is 19.8 Å². The smallest absolute Gasteiger partial charge is 0.194 e. The Kier molecular flexibility index (Phi) is 4.18. The maximum atomic E-state index is 4.55. The molecule has 3 nitrogen and oxygen atoms in total. The molecule has 1 atom stereocenters. The lowest BCUT2D eigenvalue weighted by atomic mass is 10.1. The predicted octanol–water partition coefficient (Wildman–Crippen LogP) is 3.37. The van der Waals surface area contributed by atoms with E-state index in [0.717, 1.165) is 17.2 Å². The molecule has 17 heavy (non-hydrogen) atoms. The van der Waals surface area contributed by atoms with Crippen molar-refractivity contribution in [3.63, 3.8) is 0 Å². The standard InChI is InChI=1S/C13H21N3S/c1-4-5-6-10(2)14-9-12-11(3)15-13-16(12)7-8-17-13/h7-8,10,14H,4-6,9H2,1-3H3. The van der Waals surface area contributed by atoms with Crippen molar-refractivity contribution in [1.29, 1.82) is 0 Å². The monoisotopic (exact) mass is 251 g/mol. The molecule has 0 aliphatic rings. The lowest BCUT2D eigenvalue weighted by molar-refractivity contribution is 0.490. The molecule has 1 N–H and O–H groups in total. The van der Waals surface area contributed by atoms with Gasteiger partial charge < -0.3 is 5.32 Å². The highest BCUT2D eigenvalue weighted by Gasteiger charge is 2.10. The van der Waals surface area contributed by atoms with E-state index >= 15 is 0 Å². The summed E-state index contributed by atoms with van der Waals surface area (Å²) >= 11 is 1.69. The van der Waals surface area contributed by atoms with Gasteiger partial charge in [0.2, 0.25) is 0 Å². The van der Waals surface area contributed by atoms with E-state index in [9.17, 15) is 0 Å². The van der Waals surface area contributed by atoms with E-state index in [1.165, 1.54) is 25.0 Å². The van der Waals surface area contributed by atoms with Gasteiger partial charge in [-0.15, -0.1) is 11.3 Å². The van der Waals surface area contributed by atoms with E-state index in [1.54, 1.807) is 11.3 Å². The highest BCUT2D eigenvalue weighted by atomic mass is 32.1. The van der Waals surface area contributed by atoms with Crippen LogP contribution in [0.2, 0.25) is 0 Å². The molecule has 2 heterocycles. The number of nitrogens with one attached hydrogen (secondary N) is 1. The molecule has 4 heteroatoms. The summed E-state index contributed by atoms with van der Waals surface area (Å²) in [5, 5.41) is 5.68. The average Bonchev–Trinajstić information content (AvgIpc) is 2.84. The fraction of sp³-hybridized carbons (Fsp3) is 0.615. The van der Waals surface area contributed by atoms with Gasteiger partial charge in [0.25, 0.3) is 0 Å². The van der Waals surface area contributed by atoms with Crippen molar-refractivity contribution in [3.05, 3.63) is 23.0 Å². The van der Waals surface area contributed by atoms with E-state index < -0.39 is 0 Å². The average molecular weight is 251 g/mol. The fourth-order valence-corrected chi connectivity index (χ4v) is 2.82. The van der Waals surface area contributed by atoms with Gasteiger partial charge in [0.15, 0.2) is 4.96 Å². The zero-order valence-corrected chi connectivity index (χ0v) is 11.7. The maximum absolute atomic E-state index is 4.55. The van der Waals surface area contributed by atoms with Crippen molar-refractivity contribution in [2.75, 3.05) is 0 Å². The highest BCUT2D eigenvalue weighted by molar-refractivity contribution is 7.15. The minimum absolute atomic E-state index is 0.582. The normalized spacial score (nSPS) is 13.4. The molecule has 1 unspecified atom stereocenters.